The Hall–Kier alpha value is -1.68. The molecular weight excluding hydrogens is 264 g/mol. The van der Waals surface area contributed by atoms with Crippen LogP contribution in [0.15, 0.2) is 24.3 Å². The summed E-state index contributed by atoms with van der Waals surface area (Å²) in [6.45, 7) is 11.0. The van der Waals surface area contributed by atoms with Crippen LogP contribution >= 0.6 is 0 Å². The number of hydrogen-bond acceptors (Lipinski definition) is 3. The molecule has 1 aromatic carbocycles. The van der Waals surface area contributed by atoms with Crippen molar-refractivity contribution in [2.24, 2.45) is 11.8 Å². The molecule has 0 radical (unpaired) electrons. The first-order valence-corrected chi connectivity index (χ1v) is 7.57. The van der Waals surface area contributed by atoms with Crippen molar-refractivity contribution in [3.05, 3.63) is 29.8 Å². The third-order valence-corrected chi connectivity index (χ3v) is 3.47. The summed E-state index contributed by atoms with van der Waals surface area (Å²) in [5.41, 5.74) is 1.27. The Morgan fingerprint density at radius 1 is 1.00 bits per heavy atom. The molecule has 0 aliphatic carbocycles. The molecule has 0 spiro atoms. The molecule has 4 nitrogen and oxygen atoms in total. The molecule has 1 amide bonds. The van der Waals surface area contributed by atoms with Gasteiger partial charge in [-0.15, -0.1) is 0 Å². The highest BCUT2D eigenvalue weighted by atomic mass is 16.2. The second-order valence-electron chi connectivity index (χ2n) is 6.54. The van der Waals surface area contributed by atoms with Gasteiger partial charge in [-0.2, -0.15) is 0 Å². The zero-order valence-corrected chi connectivity index (χ0v) is 13.3. The van der Waals surface area contributed by atoms with Crippen LogP contribution in [-0.4, -0.2) is 36.3 Å². The number of para-hydroxylation sites is 1. The Morgan fingerprint density at radius 2 is 1.57 bits per heavy atom. The van der Waals surface area contributed by atoms with E-state index in [1.807, 2.05) is 12.1 Å². The van der Waals surface area contributed by atoms with Crippen LogP contribution in [0.2, 0.25) is 0 Å². The number of Topliss-reactive ketones (excluding diaryl/α,β-unsaturated/α-hetero) is 1. The Bertz CT molecular complexity index is 527. The molecule has 0 saturated carbocycles. The molecule has 0 bridgehead atoms. The minimum Gasteiger partial charge on any atom is -0.291 e. The molecule has 0 unspecified atom stereocenters. The molecule has 114 valence electrons. The van der Waals surface area contributed by atoms with Gasteiger partial charge in [-0.05, 0) is 24.0 Å². The molecule has 1 aliphatic rings. The molecule has 0 saturated heterocycles. The summed E-state index contributed by atoms with van der Waals surface area (Å²) in [4.78, 5) is 28.1. The quantitative estimate of drug-likeness (QED) is 0.756. The lowest BCUT2D eigenvalue weighted by Gasteiger charge is -2.30. The lowest BCUT2D eigenvalue weighted by molar-refractivity contribution is -0.114. The van der Waals surface area contributed by atoms with Crippen LogP contribution in [0, 0.1) is 11.8 Å². The zero-order chi connectivity index (χ0) is 15.6. The number of amides is 1. The first-order chi connectivity index (χ1) is 9.90. The van der Waals surface area contributed by atoms with Gasteiger partial charge in [0.1, 0.15) is 0 Å². The Kier molecular flexibility index (Phi) is 4.78. The largest absolute Gasteiger partial charge is 0.300 e. The lowest BCUT2D eigenvalue weighted by atomic mass is 10.1. The summed E-state index contributed by atoms with van der Waals surface area (Å²) in [5, 5.41) is 0. The van der Waals surface area contributed by atoms with Crippen molar-refractivity contribution < 1.29 is 9.59 Å². The van der Waals surface area contributed by atoms with Gasteiger partial charge in [-0.1, -0.05) is 39.8 Å². The van der Waals surface area contributed by atoms with Crippen molar-refractivity contribution in [2.45, 2.75) is 27.7 Å². The van der Waals surface area contributed by atoms with Gasteiger partial charge in [0.25, 0.3) is 5.78 Å². The highest BCUT2D eigenvalue weighted by Crippen LogP contribution is 2.28. The van der Waals surface area contributed by atoms with E-state index in [2.05, 4.69) is 32.6 Å². The van der Waals surface area contributed by atoms with Crippen LogP contribution in [0.25, 0.3) is 0 Å². The van der Waals surface area contributed by atoms with E-state index in [9.17, 15) is 9.59 Å². The lowest BCUT2D eigenvalue weighted by Crippen LogP contribution is -2.43. The number of nitrogens with zero attached hydrogens (tertiary/aromatic N) is 2. The summed E-state index contributed by atoms with van der Waals surface area (Å²) in [6, 6.07) is 7.24. The molecule has 0 N–H and O–H groups in total. The smallest absolute Gasteiger partial charge is 0.291 e. The molecule has 0 atom stereocenters. The molecular formula is C17H24N2O2. The number of ketones is 1. The third kappa shape index (κ3) is 3.50. The fourth-order valence-electron chi connectivity index (χ4n) is 2.81. The van der Waals surface area contributed by atoms with E-state index in [0.29, 0.717) is 24.1 Å². The van der Waals surface area contributed by atoms with E-state index in [1.165, 1.54) is 0 Å². The van der Waals surface area contributed by atoms with Gasteiger partial charge in [-0.3, -0.25) is 19.4 Å². The van der Waals surface area contributed by atoms with E-state index in [0.717, 1.165) is 18.8 Å². The second kappa shape index (κ2) is 6.39. The van der Waals surface area contributed by atoms with Gasteiger partial charge in [0.2, 0.25) is 0 Å². The summed E-state index contributed by atoms with van der Waals surface area (Å²) in [6.07, 6.45) is 0. The molecule has 2 rings (SSSR count). The molecule has 0 fully saturated rings. The van der Waals surface area contributed by atoms with Crippen LogP contribution in [0.3, 0.4) is 0 Å². The highest BCUT2D eigenvalue weighted by Gasteiger charge is 2.36. The van der Waals surface area contributed by atoms with Crippen LogP contribution < -0.4 is 4.90 Å². The zero-order valence-electron chi connectivity index (χ0n) is 13.3. The van der Waals surface area contributed by atoms with Crippen molar-refractivity contribution in [3.63, 3.8) is 0 Å². The topological polar surface area (TPSA) is 40.6 Å². The molecule has 0 aromatic heterocycles. The van der Waals surface area contributed by atoms with Crippen molar-refractivity contribution in [3.8, 4) is 0 Å². The Balaban J connectivity index is 2.20. The van der Waals surface area contributed by atoms with Gasteiger partial charge in [-0.25, -0.2) is 0 Å². The number of fused-ring (bicyclic) bond motifs is 1. The van der Waals surface area contributed by atoms with Crippen molar-refractivity contribution in [1.82, 2.24) is 4.90 Å². The number of hydrogen-bond donors (Lipinski definition) is 0. The van der Waals surface area contributed by atoms with E-state index in [1.54, 1.807) is 17.0 Å². The van der Waals surface area contributed by atoms with Gasteiger partial charge in [0.05, 0.1) is 17.9 Å². The predicted octanol–water partition coefficient (Wildman–Crippen LogP) is 2.79. The van der Waals surface area contributed by atoms with Crippen LogP contribution in [0.4, 0.5) is 5.69 Å². The van der Waals surface area contributed by atoms with E-state index in [-0.39, 0.29) is 5.78 Å². The average Bonchev–Trinajstić information content (AvgIpc) is 2.63. The number of benzene rings is 1. The molecule has 1 aromatic rings. The van der Waals surface area contributed by atoms with Crippen LogP contribution in [-0.2, 0) is 4.79 Å². The fraction of sp³-hybridized carbons (Fsp3) is 0.529. The van der Waals surface area contributed by atoms with Crippen molar-refractivity contribution >= 4 is 17.4 Å². The maximum atomic E-state index is 12.2. The summed E-state index contributed by atoms with van der Waals surface area (Å²) < 4.78 is 0. The SMILES string of the molecule is CC(C)CN(CC(C)C)CN1C(=O)C(=O)c2ccccc21. The normalized spacial score (nSPS) is 14.7. The van der Waals surface area contributed by atoms with Crippen molar-refractivity contribution in [2.75, 3.05) is 24.7 Å². The number of anilines is 1. The Morgan fingerprint density at radius 3 is 2.14 bits per heavy atom. The fourth-order valence-corrected chi connectivity index (χ4v) is 2.81. The van der Waals surface area contributed by atoms with Crippen LogP contribution in [0.1, 0.15) is 38.1 Å². The highest BCUT2D eigenvalue weighted by molar-refractivity contribution is 6.52. The van der Waals surface area contributed by atoms with Gasteiger partial charge in [0.15, 0.2) is 0 Å². The van der Waals surface area contributed by atoms with Gasteiger partial charge in [0, 0.05) is 13.1 Å². The maximum Gasteiger partial charge on any atom is 0.300 e. The first-order valence-electron chi connectivity index (χ1n) is 7.57. The van der Waals surface area contributed by atoms with Gasteiger partial charge >= 0.3 is 5.91 Å². The number of rotatable bonds is 6. The molecule has 4 heteroatoms. The number of carbonyl (C=O) groups excluding carboxylic acids is 2. The predicted molar refractivity (Wildman–Crippen MR) is 84.4 cm³/mol. The minimum atomic E-state index is -0.409. The first kappa shape index (κ1) is 15.7. The summed E-state index contributed by atoms with van der Waals surface area (Å²) in [7, 11) is 0. The standard InChI is InChI=1S/C17H24N2O2/c1-12(2)9-18(10-13(3)4)11-19-15-8-6-5-7-14(15)16(20)17(19)21/h5-8,12-13H,9-11H2,1-4H3. The molecule has 1 aliphatic heterocycles. The Labute approximate surface area is 126 Å². The van der Waals surface area contributed by atoms with E-state index in [4.69, 9.17) is 0 Å². The third-order valence-electron chi connectivity index (χ3n) is 3.47. The second-order valence-corrected chi connectivity index (χ2v) is 6.54. The maximum absolute atomic E-state index is 12.2. The molecule has 21 heavy (non-hydrogen) atoms. The van der Waals surface area contributed by atoms with E-state index < -0.39 is 5.91 Å². The minimum absolute atomic E-state index is 0.389. The summed E-state index contributed by atoms with van der Waals surface area (Å²) in [5.74, 6) is 0.244. The monoisotopic (exact) mass is 288 g/mol. The van der Waals surface area contributed by atoms with Crippen LogP contribution in [0.5, 0.6) is 0 Å². The summed E-state index contributed by atoms with van der Waals surface area (Å²) >= 11 is 0. The van der Waals surface area contributed by atoms with E-state index >= 15 is 0 Å². The van der Waals surface area contributed by atoms with Gasteiger partial charge < -0.3 is 0 Å². The number of carbonyl (C=O) groups is 2. The average molecular weight is 288 g/mol. The molecule has 1 heterocycles. The van der Waals surface area contributed by atoms with Crippen molar-refractivity contribution in [1.29, 1.82) is 0 Å².